The van der Waals surface area contributed by atoms with Gasteiger partial charge in [0.25, 0.3) is 0 Å². The number of nitrogens with zero attached hydrogens (tertiary/aromatic N) is 6. The minimum Gasteiger partial charge on any atom is -0.350 e. The van der Waals surface area contributed by atoms with Crippen molar-refractivity contribution in [2.24, 2.45) is 13.0 Å². The second-order valence-corrected chi connectivity index (χ2v) is 10.4. The molecule has 0 radical (unpaired) electrons. The number of aromatic amines is 1. The summed E-state index contributed by atoms with van der Waals surface area (Å²) < 4.78 is 55.8. The Bertz CT molecular complexity index is 1450. The second kappa shape index (κ2) is 8.08. The van der Waals surface area contributed by atoms with Crippen molar-refractivity contribution in [3.8, 4) is 0 Å². The third-order valence-electron chi connectivity index (χ3n) is 6.52. The number of fused-ring (bicyclic) bond motifs is 1. The molecule has 0 atom stereocenters. The van der Waals surface area contributed by atoms with Gasteiger partial charge in [-0.15, -0.1) is 0 Å². The van der Waals surface area contributed by atoms with Crippen LogP contribution in [-0.2, 0) is 13.2 Å². The number of rotatable bonds is 6. The molecule has 2 N–H and O–H groups in total. The van der Waals surface area contributed by atoms with E-state index in [1.807, 2.05) is 17.9 Å². The van der Waals surface area contributed by atoms with Crippen molar-refractivity contribution in [1.82, 2.24) is 29.7 Å². The van der Waals surface area contributed by atoms with E-state index in [1.54, 1.807) is 24.3 Å². The maximum atomic E-state index is 15.0. The summed E-state index contributed by atoms with van der Waals surface area (Å²) in [6, 6.07) is 8.45. The molecule has 8 nitrogen and oxygen atoms in total. The number of nitrogens with one attached hydrogen (secondary N) is 2. The zero-order chi connectivity index (χ0) is 25.2. The van der Waals surface area contributed by atoms with Gasteiger partial charge >= 0.3 is 6.18 Å². The van der Waals surface area contributed by atoms with E-state index < -0.39 is 17.7 Å². The molecule has 2 fully saturated rings. The number of hydrogen-bond donors (Lipinski definition) is 2. The Morgan fingerprint density at radius 2 is 1.89 bits per heavy atom. The van der Waals surface area contributed by atoms with Crippen molar-refractivity contribution in [2.75, 3.05) is 23.3 Å². The lowest BCUT2D eigenvalue weighted by Crippen LogP contribution is -2.60. The molecule has 1 aliphatic heterocycles. The van der Waals surface area contributed by atoms with Crippen LogP contribution in [0, 0.1) is 12.8 Å². The summed E-state index contributed by atoms with van der Waals surface area (Å²) >= 11 is 1.21. The number of hydrogen-bond acceptors (Lipinski definition) is 7. The molecule has 1 saturated carbocycles. The molecule has 0 unspecified atom stereocenters. The highest BCUT2D eigenvalue weighted by Crippen LogP contribution is 2.48. The predicted molar refractivity (Wildman–Crippen MR) is 127 cm³/mol. The molecule has 188 valence electrons. The van der Waals surface area contributed by atoms with Gasteiger partial charge in [-0.1, -0.05) is 0 Å². The first-order valence-corrected chi connectivity index (χ1v) is 12.2. The van der Waals surface area contributed by atoms with E-state index in [9.17, 15) is 17.6 Å². The van der Waals surface area contributed by atoms with Crippen LogP contribution in [0.2, 0.25) is 0 Å². The van der Waals surface area contributed by atoms with Crippen molar-refractivity contribution in [3.63, 3.8) is 0 Å². The van der Waals surface area contributed by atoms with Gasteiger partial charge in [-0.05, 0) is 55.6 Å². The van der Waals surface area contributed by atoms with Gasteiger partial charge in [-0.3, -0.25) is 5.10 Å². The molecular formula is C23H22F4N8S. The van der Waals surface area contributed by atoms with Crippen LogP contribution in [0.3, 0.4) is 0 Å². The minimum atomic E-state index is -4.55. The number of halogens is 4. The van der Waals surface area contributed by atoms with Crippen molar-refractivity contribution in [3.05, 3.63) is 41.9 Å². The SMILES string of the molecule is Cc1cc(Nc2cc(N3CC(F)(C4CC4)C3)nc(Sc3ccc4nc(C(F)(F)F)n(C)c4c3)n2)[nH]n1. The molecule has 0 spiro atoms. The van der Waals surface area contributed by atoms with Gasteiger partial charge in [-0.25, -0.2) is 19.3 Å². The summed E-state index contributed by atoms with van der Waals surface area (Å²) in [5.41, 5.74) is 0.232. The smallest absolute Gasteiger partial charge is 0.350 e. The van der Waals surface area contributed by atoms with Crippen LogP contribution < -0.4 is 10.2 Å². The van der Waals surface area contributed by atoms with E-state index in [1.165, 1.54) is 18.8 Å². The molecule has 4 heterocycles. The van der Waals surface area contributed by atoms with Crippen LogP contribution in [0.4, 0.5) is 35.0 Å². The highest BCUT2D eigenvalue weighted by atomic mass is 32.2. The Labute approximate surface area is 207 Å². The van der Waals surface area contributed by atoms with Gasteiger partial charge < -0.3 is 14.8 Å². The summed E-state index contributed by atoms with van der Waals surface area (Å²) in [7, 11) is 1.34. The molecule has 2 aliphatic rings. The first kappa shape index (κ1) is 23.1. The van der Waals surface area contributed by atoms with Crippen LogP contribution in [-0.4, -0.2) is 48.5 Å². The number of aryl methyl sites for hydroxylation is 2. The zero-order valence-electron chi connectivity index (χ0n) is 19.4. The van der Waals surface area contributed by atoms with Crippen LogP contribution in [0.25, 0.3) is 11.0 Å². The first-order chi connectivity index (χ1) is 17.1. The second-order valence-electron chi connectivity index (χ2n) is 9.35. The summed E-state index contributed by atoms with van der Waals surface area (Å²) in [4.78, 5) is 15.5. The molecule has 1 aromatic carbocycles. The number of H-pyrrole nitrogens is 1. The third kappa shape index (κ3) is 4.25. The van der Waals surface area contributed by atoms with Crippen molar-refractivity contribution in [1.29, 1.82) is 0 Å². The fourth-order valence-electron chi connectivity index (χ4n) is 4.51. The fourth-order valence-corrected chi connectivity index (χ4v) is 5.31. The van der Waals surface area contributed by atoms with Gasteiger partial charge in [0.1, 0.15) is 23.1 Å². The number of aromatic nitrogens is 6. The maximum Gasteiger partial charge on any atom is 0.449 e. The summed E-state index contributed by atoms with van der Waals surface area (Å²) in [5, 5.41) is 10.5. The topological polar surface area (TPSA) is 87.5 Å². The van der Waals surface area contributed by atoms with E-state index in [-0.39, 0.29) is 24.5 Å². The van der Waals surface area contributed by atoms with Gasteiger partial charge in [0.15, 0.2) is 5.16 Å². The lowest BCUT2D eigenvalue weighted by atomic mass is 9.91. The van der Waals surface area contributed by atoms with Crippen LogP contribution in [0.1, 0.15) is 24.4 Å². The third-order valence-corrected chi connectivity index (χ3v) is 7.37. The van der Waals surface area contributed by atoms with Crippen molar-refractivity contribution < 1.29 is 17.6 Å². The Morgan fingerprint density at radius 1 is 1.11 bits per heavy atom. The zero-order valence-corrected chi connectivity index (χ0v) is 20.2. The van der Waals surface area contributed by atoms with Gasteiger partial charge in [0, 0.05) is 24.1 Å². The number of benzene rings is 1. The first-order valence-electron chi connectivity index (χ1n) is 11.4. The predicted octanol–water partition coefficient (Wildman–Crippen LogP) is 5.25. The van der Waals surface area contributed by atoms with Crippen LogP contribution in [0.5, 0.6) is 0 Å². The molecular weight excluding hydrogens is 496 g/mol. The molecule has 1 aliphatic carbocycles. The molecule has 0 amide bonds. The molecule has 4 aromatic rings. The average molecular weight is 519 g/mol. The molecule has 3 aromatic heterocycles. The summed E-state index contributed by atoms with van der Waals surface area (Å²) in [6.45, 7) is 2.41. The lowest BCUT2D eigenvalue weighted by Gasteiger charge is -2.45. The lowest BCUT2D eigenvalue weighted by molar-refractivity contribution is -0.146. The number of anilines is 3. The average Bonchev–Trinajstić information content (AvgIpc) is 3.49. The molecule has 1 saturated heterocycles. The van der Waals surface area contributed by atoms with E-state index in [2.05, 4.69) is 30.5 Å². The quantitative estimate of drug-likeness (QED) is 0.266. The van der Waals surface area contributed by atoms with Gasteiger partial charge in [0.05, 0.1) is 29.8 Å². The maximum absolute atomic E-state index is 15.0. The monoisotopic (exact) mass is 518 g/mol. The van der Waals surface area contributed by atoms with E-state index in [4.69, 9.17) is 0 Å². The Balaban J connectivity index is 1.31. The minimum absolute atomic E-state index is 0.127. The van der Waals surface area contributed by atoms with E-state index in [0.29, 0.717) is 33.0 Å². The van der Waals surface area contributed by atoms with Crippen LogP contribution in [0.15, 0.2) is 40.4 Å². The number of imidazole rings is 1. The standard InChI is InChI=1S/C23H22F4N8S/c1-12-7-18(33-32-12)29-17-9-19(35-10-22(24,11-35)13-3-4-13)31-21(30-17)36-14-5-6-15-16(8-14)34(2)20(28-15)23(25,26)27/h5-9,13H,3-4,10-11H2,1-2H3,(H2,29,30,31,32,33). The van der Waals surface area contributed by atoms with Crippen LogP contribution >= 0.6 is 11.8 Å². The Hall–Kier alpha value is -3.35. The molecule has 6 rings (SSSR count). The fraction of sp³-hybridized carbons (Fsp3) is 0.391. The van der Waals surface area contributed by atoms with Crippen molar-refractivity contribution >= 4 is 40.2 Å². The molecule has 0 bridgehead atoms. The largest absolute Gasteiger partial charge is 0.449 e. The summed E-state index contributed by atoms with van der Waals surface area (Å²) in [5.74, 6) is 0.895. The van der Waals surface area contributed by atoms with E-state index >= 15 is 0 Å². The van der Waals surface area contributed by atoms with Crippen molar-refractivity contribution in [2.45, 2.75) is 41.7 Å². The van der Waals surface area contributed by atoms with Gasteiger partial charge in [0.2, 0.25) is 5.82 Å². The highest BCUT2D eigenvalue weighted by Gasteiger charge is 2.54. The normalized spacial score (nSPS) is 17.4. The number of alkyl halides is 4. The summed E-state index contributed by atoms with van der Waals surface area (Å²) in [6.07, 6.45) is -2.70. The van der Waals surface area contributed by atoms with Gasteiger partial charge in [-0.2, -0.15) is 18.3 Å². The molecule has 13 heteroatoms. The molecule has 36 heavy (non-hydrogen) atoms. The van der Waals surface area contributed by atoms with E-state index in [0.717, 1.165) is 23.1 Å². The Kier molecular flexibility index (Phi) is 5.18. The Morgan fingerprint density at radius 3 is 2.56 bits per heavy atom. The highest BCUT2D eigenvalue weighted by molar-refractivity contribution is 7.99.